The fraction of sp³-hybridized carbons (Fsp3) is 0.833. The van der Waals surface area contributed by atoms with Gasteiger partial charge in [0.25, 0.3) is 0 Å². The molecule has 124 valence electrons. The van der Waals surface area contributed by atoms with E-state index >= 15 is 0 Å². The van der Waals surface area contributed by atoms with Crippen LogP contribution in [0.25, 0.3) is 0 Å². The maximum atomic E-state index is 11.9. The second-order valence-corrected chi connectivity index (χ2v) is 16.5. The van der Waals surface area contributed by atoms with Crippen LogP contribution in [0, 0.1) is 0 Å². The molecule has 9 heteroatoms. The third kappa shape index (κ3) is 10.5. The molecule has 0 atom stereocenters. The molecule has 0 aromatic heterocycles. The van der Waals surface area contributed by atoms with Gasteiger partial charge in [-0.15, -0.1) is 0 Å². The van der Waals surface area contributed by atoms with Gasteiger partial charge >= 0.3 is 152 Å². The topological polar surface area (TPSA) is 52.6 Å². The Labute approximate surface area is 150 Å². The van der Waals surface area contributed by atoms with Gasteiger partial charge in [-0.2, -0.15) is 0 Å². The molecule has 0 radical (unpaired) electrons. The molecule has 0 aliphatic heterocycles. The summed E-state index contributed by atoms with van der Waals surface area (Å²) < 4.78 is 12.9. The predicted molar refractivity (Wildman–Crippen MR) is 100 cm³/mol. The van der Waals surface area contributed by atoms with Gasteiger partial charge in [-0.05, 0) is 0 Å². The summed E-state index contributed by atoms with van der Waals surface area (Å²) in [6.45, 7) is 4.15. The van der Waals surface area contributed by atoms with Gasteiger partial charge in [-0.1, -0.05) is 0 Å². The summed E-state index contributed by atoms with van der Waals surface area (Å²) in [6, 6.07) is 0. The van der Waals surface area contributed by atoms with E-state index in [1.54, 1.807) is 0 Å². The first-order valence-corrected chi connectivity index (χ1v) is 17.4. The van der Waals surface area contributed by atoms with E-state index in [1.807, 2.05) is 0 Å². The minimum absolute atomic E-state index is 0.179. The summed E-state index contributed by atoms with van der Waals surface area (Å²) in [5, 5.41) is 0. The van der Waals surface area contributed by atoms with Gasteiger partial charge in [-0.25, -0.2) is 0 Å². The molecule has 0 unspecified atom stereocenters. The number of carbonyl (C=O) groups excluding carboxylic acids is 2. The van der Waals surface area contributed by atoms with Crippen LogP contribution in [0.4, 0.5) is 0 Å². The molecular weight excluding hydrogens is 455 g/mol. The van der Waals surface area contributed by atoms with Gasteiger partial charge in [-0.3, -0.25) is 0 Å². The van der Waals surface area contributed by atoms with Crippen molar-refractivity contribution in [1.29, 1.82) is 0 Å². The summed E-state index contributed by atoms with van der Waals surface area (Å²) in [7, 11) is 2.25. The Kier molecular flexibility index (Phi) is 14.3. The van der Waals surface area contributed by atoms with Crippen molar-refractivity contribution in [2.24, 2.45) is 0 Å². The Morgan fingerprint density at radius 1 is 0.905 bits per heavy atom. The first-order chi connectivity index (χ1) is 10.0. The van der Waals surface area contributed by atoms with Crippen molar-refractivity contribution in [1.82, 2.24) is 0 Å². The summed E-state index contributed by atoms with van der Waals surface area (Å²) in [6.07, 6.45) is 3.82. The Balaban J connectivity index is 4.99. The summed E-state index contributed by atoms with van der Waals surface area (Å²) >= 11 is 4.25. The van der Waals surface area contributed by atoms with Gasteiger partial charge in [0.2, 0.25) is 0 Å². The third-order valence-corrected chi connectivity index (χ3v) is 14.1. The normalized spacial score (nSPS) is 11.2. The van der Waals surface area contributed by atoms with E-state index in [9.17, 15) is 9.59 Å². The van der Waals surface area contributed by atoms with E-state index < -0.39 is 19.2 Å². The number of carbonyl (C=O) groups is 2. The Morgan fingerprint density at radius 2 is 1.29 bits per heavy atom. The van der Waals surface area contributed by atoms with Crippen molar-refractivity contribution in [3.05, 3.63) is 0 Å². The van der Waals surface area contributed by atoms with Crippen LogP contribution in [0.2, 0.25) is 8.87 Å². The SMILES string of the molecule is CCC[CH2][Sn]([CH2]CCC)([O]C(=O)CSS)[O]C(=O)CSS. The molecular formula is C12H24O4S4Sn. The fourth-order valence-electron chi connectivity index (χ4n) is 1.82. The average molecular weight is 479 g/mol. The van der Waals surface area contributed by atoms with Gasteiger partial charge < -0.3 is 0 Å². The van der Waals surface area contributed by atoms with E-state index in [-0.39, 0.29) is 23.4 Å². The van der Waals surface area contributed by atoms with Gasteiger partial charge in [0.05, 0.1) is 0 Å². The van der Waals surface area contributed by atoms with Crippen LogP contribution in [0.3, 0.4) is 0 Å². The average Bonchev–Trinajstić information content (AvgIpc) is 2.43. The monoisotopic (exact) mass is 480 g/mol. The van der Waals surface area contributed by atoms with Crippen LogP contribution in [0.15, 0.2) is 0 Å². The number of thiol groups is 2. The molecule has 0 bridgehead atoms. The van der Waals surface area contributed by atoms with Crippen molar-refractivity contribution < 1.29 is 15.7 Å². The zero-order chi connectivity index (χ0) is 16.1. The summed E-state index contributed by atoms with van der Waals surface area (Å²) in [4.78, 5) is 23.7. The molecule has 0 aromatic rings. The second-order valence-electron chi connectivity index (χ2n) is 4.61. The van der Waals surface area contributed by atoms with E-state index in [1.165, 1.54) is 0 Å². The first-order valence-electron chi connectivity index (χ1n) is 7.00. The van der Waals surface area contributed by atoms with Crippen LogP contribution in [0.5, 0.6) is 0 Å². The third-order valence-electron chi connectivity index (χ3n) is 2.79. The Bertz CT molecular complexity index is 288. The van der Waals surface area contributed by atoms with Crippen LogP contribution < -0.4 is 0 Å². The Morgan fingerprint density at radius 3 is 1.57 bits per heavy atom. The van der Waals surface area contributed by atoms with Crippen LogP contribution >= 0.6 is 44.9 Å². The number of rotatable bonds is 12. The summed E-state index contributed by atoms with van der Waals surface area (Å²) in [5.74, 6) is -0.272. The van der Waals surface area contributed by atoms with Crippen molar-refractivity contribution >= 4 is 76.1 Å². The van der Waals surface area contributed by atoms with E-state index in [0.29, 0.717) is 0 Å². The molecule has 0 amide bonds. The van der Waals surface area contributed by atoms with Crippen molar-refractivity contribution in [2.45, 2.75) is 48.4 Å². The predicted octanol–water partition coefficient (Wildman–Crippen LogP) is 4.27. The molecule has 0 spiro atoms. The van der Waals surface area contributed by atoms with Crippen molar-refractivity contribution in [2.75, 3.05) is 11.5 Å². The second kappa shape index (κ2) is 13.6. The molecule has 0 aliphatic rings. The van der Waals surface area contributed by atoms with Gasteiger partial charge in [0.1, 0.15) is 0 Å². The number of hydrogen-bond donors (Lipinski definition) is 2. The fourth-order valence-corrected chi connectivity index (χ4v) is 13.3. The molecule has 21 heavy (non-hydrogen) atoms. The molecule has 0 rings (SSSR count). The molecule has 0 fully saturated rings. The summed E-state index contributed by atoms with van der Waals surface area (Å²) in [5.41, 5.74) is 0. The number of unbranched alkanes of at least 4 members (excludes halogenated alkanes) is 2. The van der Waals surface area contributed by atoms with E-state index in [2.05, 4.69) is 37.2 Å². The quantitative estimate of drug-likeness (QED) is 0.248. The molecule has 4 nitrogen and oxygen atoms in total. The van der Waals surface area contributed by atoms with E-state index in [0.717, 1.165) is 56.1 Å². The molecule has 0 aromatic carbocycles. The maximum absolute atomic E-state index is 11.9. The molecule has 0 saturated carbocycles. The van der Waals surface area contributed by atoms with Crippen LogP contribution in [0.1, 0.15) is 39.5 Å². The number of hydrogen-bond acceptors (Lipinski definition) is 8. The van der Waals surface area contributed by atoms with E-state index in [4.69, 9.17) is 6.15 Å². The minimum atomic E-state index is -3.70. The Hall–Kier alpha value is 1.14. The molecule has 0 heterocycles. The molecule has 0 aliphatic carbocycles. The van der Waals surface area contributed by atoms with Crippen LogP contribution in [-0.4, -0.2) is 42.6 Å². The zero-order valence-corrected chi connectivity index (χ0v) is 18.8. The van der Waals surface area contributed by atoms with Crippen LogP contribution in [-0.2, 0) is 15.7 Å². The van der Waals surface area contributed by atoms with Gasteiger partial charge in [0, 0.05) is 0 Å². The van der Waals surface area contributed by atoms with Crippen molar-refractivity contribution in [3.8, 4) is 0 Å². The zero-order valence-electron chi connectivity index (χ0n) is 12.5. The molecule has 0 saturated heterocycles. The van der Waals surface area contributed by atoms with Gasteiger partial charge in [0.15, 0.2) is 0 Å². The standard InChI is InChI=1S/2C4H9.2C2H4O2S2.Sn/c2*1-3-4-2;2*3-2(4)1-6-5;/h2*1,3-4H2,2H3;2*5H,1H2,(H,3,4);/q;;;;+2/p-2. The molecule has 0 N–H and O–H groups in total. The first kappa shape index (κ1) is 22.1. The van der Waals surface area contributed by atoms with Crippen molar-refractivity contribution in [3.63, 3.8) is 0 Å².